The number of nitrogens with zero attached hydrogens (tertiary/aromatic N) is 4. The molecular weight excluding hydrogens is 286 g/mol. The van der Waals surface area contributed by atoms with E-state index in [2.05, 4.69) is 10.1 Å². The number of carbonyl (C=O) groups excluding carboxylic acids is 1. The Labute approximate surface area is 127 Å². The van der Waals surface area contributed by atoms with Gasteiger partial charge < -0.3 is 5.73 Å². The Kier molecular flexibility index (Phi) is 3.94. The summed E-state index contributed by atoms with van der Waals surface area (Å²) in [5, 5.41) is 14.8. The van der Waals surface area contributed by atoms with Crippen LogP contribution in [0, 0.1) is 15.5 Å². The number of anilines is 1. The number of Topliss-reactive ketones (excluding diaryl/α,β-unsaturated/α-hetero) is 1. The second-order valence-corrected chi connectivity index (χ2v) is 5.93. The SMILES string of the molecule is CC(C)(C)C(=O)Cn1nc(-c2ccc([N+](=O)[O-])cc2)nc1N. The summed E-state index contributed by atoms with van der Waals surface area (Å²) in [5.74, 6) is 0.444. The maximum absolute atomic E-state index is 12.0. The first-order valence-electron chi connectivity index (χ1n) is 6.67. The lowest BCUT2D eigenvalue weighted by molar-refractivity contribution is -0.384. The van der Waals surface area contributed by atoms with Crippen LogP contribution in [0.2, 0.25) is 0 Å². The van der Waals surface area contributed by atoms with Gasteiger partial charge in [0.1, 0.15) is 6.54 Å². The zero-order valence-electron chi connectivity index (χ0n) is 12.6. The highest BCUT2D eigenvalue weighted by Crippen LogP contribution is 2.21. The molecule has 0 aliphatic rings. The molecule has 0 spiro atoms. The summed E-state index contributed by atoms with van der Waals surface area (Å²) >= 11 is 0. The minimum Gasteiger partial charge on any atom is -0.368 e. The summed E-state index contributed by atoms with van der Waals surface area (Å²) in [6.07, 6.45) is 0. The Hall–Kier alpha value is -2.77. The highest BCUT2D eigenvalue weighted by Gasteiger charge is 2.23. The van der Waals surface area contributed by atoms with Gasteiger partial charge in [0, 0.05) is 23.1 Å². The van der Waals surface area contributed by atoms with Crippen LogP contribution >= 0.6 is 0 Å². The molecule has 8 heteroatoms. The van der Waals surface area contributed by atoms with Crippen LogP contribution in [0.5, 0.6) is 0 Å². The van der Waals surface area contributed by atoms with Gasteiger partial charge in [0.25, 0.3) is 5.69 Å². The summed E-state index contributed by atoms with van der Waals surface area (Å²) in [7, 11) is 0. The fourth-order valence-electron chi connectivity index (χ4n) is 1.70. The third kappa shape index (κ3) is 3.27. The Bertz CT molecular complexity index is 713. The minimum absolute atomic E-state index is 0.0145. The molecule has 2 aromatic rings. The zero-order valence-corrected chi connectivity index (χ0v) is 12.6. The Morgan fingerprint density at radius 2 is 1.91 bits per heavy atom. The molecule has 0 aliphatic heterocycles. The summed E-state index contributed by atoms with van der Waals surface area (Å²) in [6, 6.07) is 5.82. The van der Waals surface area contributed by atoms with Crippen molar-refractivity contribution in [2.24, 2.45) is 5.41 Å². The number of carbonyl (C=O) groups is 1. The Balaban J connectivity index is 2.26. The summed E-state index contributed by atoms with van der Waals surface area (Å²) in [6.45, 7) is 5.49. The van der Waals surface area contributed by atoms with Crippen LogP contribution in [0.25, 0.3) is 11.4 Å². The van der Waals surface area contributed by atoms with Gasteiger partial charge >= 0.3 is 0 Å². The predicted molar refractivity (Wildman–Crippen MR) is 81.0 cm³/mol. The number of nitro groups is 1. The van der Waals surface area contributed by atoms with Crippen molar-refractivity contribution in [3.8, 4) is 11.4 Å². The van der Waals surface area contributed by atoms with Crippen LogP contribution in [0.4, 0.5) is 11.6 Å². The molecule has 2 rings (SSSR count). The van der Waals surface area contributed by atoms with E-state index in [0.29, 0.717) is 11.4 Å². The van der Waals surface area contributed by atoms with E-state index in [-0.39, 0.29) is 24.0 Å². The van der Waals surface area contributed by atoms with Crippen LogP contribution < -0.4 is 5.73 Å². The van der Waals surface area contributed by atoms with Crippen molar-refractivity contribution < 1.29 is 9.72 Å². The third-order valence-electron chi connectivity index (χ3n) is 3.17. The smallest absolute Gasteiger partial charge is 0.269 e. The van der Waals surface area contributed by atoms with Gasteiger partial charge in [-0.3, -0.25) is 14.9 Å². The fraction of sp³-hybridized carbons (Fsp3) is 0.357. The maximum atomic E-state index is 12.0. The van der Waals surface area contributed by atoms with Crippen LogP contribution in [-0.4, -0.2) is 25.5 Å². The van der Waals surface area contributed by atoms with Gasteiger partial charge in [0.15, 0.2) is 11.6 Å². The van der Waals surface area contributed by atoms with Crippen LogP contribution in [0.1, 0.15) is 20.8 Å². The van der Waals surface area contributed by atoms with Crippen molar-refractivity contribution in [3.05, 3.63) is 34.4 Å². The molecule has 0 atom stereocenters. The molecule has 0 radical (unpaired) electrons. The average Bonchev–Trinajstić information content (AvgIpc) is 2.79. The molecule has 22 heavy (non-hydrogen) atoms. The quantitative estimate of drug-likeness (QED) is 0.682. The Morgan fingerprint density at radius 1 is 1.32 bits per heavy atom. The molecule has 1 aromatic carbocycles. The molecule has 116 valence electrons. The first-order chi connectivity index (χ1) is 10.2. The molecule has 0 bridgehead atoms. The maximum Gasteiger partial charge on any atom is 0.269 e. The van der Waals surface area contributed by atoms with Gasteiger partial charge in [-0.05, 0) is 12.1 Å². The number of non-ortho nitro benzene ring substituents is 1. The summed E-state index contributed by atoms with van der Waals surface area (Å²) in [5.41, 5.74) is 5.86. The fourth-order valence-corrected chi connectivity index (χ4v) is 1.70. The van der Waals surface area contributed by atoms with E-state index >= 15 is 0 Å². The second-order valence-electron chi connectivity index (χ2n) is 5.93. The molecule has 0 amide bonds. The van der Waals surface area contributed by atoms with Crippen molar-refractivity contribution in [2.75, 3.05) is 5.73 Å². The highest BCUT2D eigenvalue weighted by molar-refractivity contribution is 5.83. The number of hydrogen-bond acceptors (Lipinski definition) is 6. The van der Waals surface area contributed by atoms with Gasteiger partial charge in [0.05, 0.1) is 4.92 Å². The molecular formula is C14H17N5O3. The van der Waals surface area contributed by atoms with E-state index in [1.165, 1.54) is 16.8 Å². The molecule has 0 aliphatic carbocycles. The van der Waals surface area contributed by atoms with E-state index in [9.17, 15) is 14.9 Å². The third-order valence-corrected chi connectivity index (χ3v) is 3.17. The molecule has 0 saturated carbocycles. The van der Waals surface area contributed by atoms with Gasteiger partial charge in [-0.25, -0.2) is 4.68 Å². The number of ketones is 1. The molecule has 0 unspecified atom stereocenters. The number of aromatic nitrogens is 3. The monoisotopic (exact) mass is 303 g/mol. The molecule has 0 fully saturated rings. The van der Waals surface area contributed by atoms with Crippen molar-refractivity contribution in [1.82, 2.24) is 14.8 Å². The second kappa shape index (κ2) is 5.55. The van der Waals surface area contributed by atoms with Crippen LogP contribution in [0.15, 0.2) is 24.3 Å². The average molecular weight is 303 g/mol. The van der Waals surface area contributed by atoms with Crippen LogP contribution in [0.3, 0.4) is 0 Å². The lowest BCUT2D eigenvalue weighted by Gasteiger charge is -2.16. The summed E-state index contributed by atoms with van der Waals surface area (Å²) in [4.78, 5) is 26.3. The van der Waals surface area contributed by atoms with E-state index in [1.54, 1.807) is 12.1 Å². The number of nitrogens with two attached hydrogens (primary N) is 1. The lowest BCUT2D eigenvalue weighted by Crippen LogP contribution is -2.26. The standard InChI is InChI=1S/C14H17N5O3/c1-14(2,3)11(20)8-18-13(15)16-12(17-18)9-4-6-10(7-5-9)19(21)22/h4-7H,8H2,1-3H3,(H2,15,16,17). The van der Waals surface area contributed by atoms with Gasteiger partial charge in [-0.15, -0.1) is 5.10 Å². The van der Waals surface area contributed by atoms with E-state index in [4.69, 9.17) is 5.73 Å². The van der Waals surface area contributed by atoms with Gasteiger partial charge in [-0.2, -0.15) is 4.98 Å². The van der Waals surface area contributed by atoms with Crippen molar-refractivity contribution in [2.45, 2.75) is 27.3 Å². The Morgan fingerprint density at radius 3 is 2.41 bits per heavy atom. The highest BCUT2D eigenvalue weighted by atomic mass is 16.6. The normalized spacial score (nSPS) is 11.4. The minimum atomic E-state index is -0.494. The summed E-state index contributed by atoms with van der Waals surface area (Å²) < 4.78 is 1.34. The van der Waals surface area contributed by atoms with Crippen LogP contribution in [-0.2, 0) is 11.3 Å². The van der Waals surface area contributed by atoms with E-state index in [0.717, 1.165) is 0 Å². The van der Waals surface area contributed by atoms with E-state index in [1.807, 2.05) is 20.8 Å². The zero-order chi connectivity index (χ0) is 16.5. The van der Waals surface area contributed by atoms with E-state index < -0.39 is 10.3 Å². The van der Waals surface area contributed by atoms with Crippen molar-refractivity contribution in [3.63, 3.8) is 0 Å². The largest absolute Gasteiger partial charge is 0.368 e. The van der Waals surface area contributed by atoms with Gasteiger partial charge in [-0.1, -0.05) is 20.8 Å². The number of nitrogen functional groups attached to an aromatic ring is 1. The molecule has 1 heterocycles. The first kappa shape index (κ1) is 15.6. The number of nitro benzene ring substituents is 1. The lowest BCUT2D eigenvalue weighted by atomic mass is 9.91. The van der Waals surface area contributed by atoms with Gasteiger partial charge in [0.2, 0.25) is 5.95 Å². The molecule has 8 nitrogen and oxygen atoms in total. The molecule has 0 saturated heterocycles. The molecule has 2 N–H and O–H groups in total. The number of benzene rings is 1. The number of hydrogen-bond donors (Lipinski definition) is 1. The molecule has 1 aromatic heterocycles. The predicted octanol–water partition coefficient (Wildman–Crippen LogP) is 2.05. The van der Waals surface area contributed by atoms with Crippen molar-refractivity contribution in [1.29, 1.82) is 0 Å². The first-order valence-corrected chi connectivity index (χ1v) is 6.67. The van der Waals surface area contributed by atoms with Crippen molar-refractivity contribution >= 4 is 17.4 Å². The number of rotatable bonds is 4. The topological polar surface area (TPSA) is 117 Å².